The second-order valence-electron chi connectivity index (χ2n) is 5.02. The van der Waals surface area contributed by atoms with E-state index in [9.17, 15) is 13.2 Å². The quantitative estimate of drug-likeness (QED) is 0.477. The first-order valence-corrected chi connectivity index (χ1v) is 7.79. The summed E-state index contributed by atoms with van der Waals surface area (Å²) < 4.78 is 40.3. The van der Waals surface area contributed by atoms with Crippen LogP contribution in [0.4, 0.5) is 13.2 Å². The van der Waals surface area contributed by atoms with Crippen molar-refractivity contribution in [3.8, 4) is 0 Å². The number of aryl methyl sites for hydroxylation is 1. The van der Waals surface area contributed by atoms with Gasteiger partial charge in [0.25, 0.3) is 0 Å². The molecule has 0 saturated heterocycles. The van der Waals surface area contributed by atoms with E-state index in [1.54, 1.807) is 0 Å². The summed E-state index contributed by atoms with van der Waals surface area (Å²) in [6.07, 6.45) is -1.78. The summed E-state index contributed by atoms with van der Waals surface area (Å²) >= 11 is 3.47. The van der Waals surface area contributed by atoms with E-state index in [0.717, 1.165) is 18.2 Å². The molecule has 0 fully saturated rings. The Labute approximate surface area is 126 Å². The minimum absolute atomic E-state index is 0.164. The van der Waals surface area contributed by atoms with Gasteiger partial charge in [0, 0.05) is 11.9 Å². The van der Waals surface area contributed by atoms with Crippen LogP contribution < -0.4 is 0 Å². The van der Waals surface area contributed by atoms with Gasteiger partial charge in [0.1, 0.15) is 6.61 Å². The van der Waals surface area contributed by atoms with E-state index in [0.29, 0.717) is 12.3 Å². The number of halogens is 4. The molecule has 0 spiro atoms. The van der Waals surface area contributed by atoms with E-state index in [2.05, 4.69) is 44.9 Å². The molecule has 1 aromatic rings. The summed E-state index contributed by atoms with van der Waals surface area (Å²) in [4.78, 5) is 0. The molecular formula is C15H20BrF3O. The van der Waals surface area contributed by atoms with Crippen LogP contribution in [0, 0.1) is 12.8 Å². The lowest BCUT2D eigenvalue weighted by Gasteiger charge is -2.14. The van der Waals surface area contributed by atoms with Crippen molar-refractivity contribution >= 4 is 15.9 Å². The van der Waals surface area contributed by atoms with Crippen LogP contribution in [-0.2, 0) is 11.2 Å². The molecule has 1 nitrogen and oxygen atoms in total. The van der Waals surface area contributed by atoms with Gasteiger partial charge in [0.15, 0.2) is 0 Å². The highest BCUT2D eigenvalue weighted by molar-refractivity contribution is 9.09. The summed E-state index contributed by atoms with van der Waals surface area (Å²) in [6, 6.07) is 8.36. The molecule has 0 heterocycles. The van der Waals surface area contributed by atoms with Crippen LogP contribution in [0.15, 0.2) is 24.3 Å². The van der Waals surface area contributed by atoms with Gasteiger partial charge >= 0.3 is 6.18 Å². The number of benzene rings is 1. The van der Waals surface area contributed by atoms with Gasteiger partial charge in [-0.3, -0.25) is 0 Å². The van der Waals surface area contributed by atoms with Crippen molar-refractivity contribution in [3.63, 3.8) is 0 Å². The van der Waals surface area contributed by atoms with Gasteiger partial charge in [-0.05, 0) is 37.7 Å². The van der Waals surface area contributed by atoms with Crippen molar-refractivity contribution in [2.75, 3.05) is 18.5 Å². The molecule has 1 unspecified atom stereocenters. The van der Waals surface area contributed by atoms with E-state index in [1.807, 2.05) is 6.92 Å². The average molecular weight is 353 g/mol. The number of alkyl halides is 4. The van der Waals surface area contributed by atoms with Crippen molar-refractivity contribution in [2.45, 2.75) is 32.4 Å². The average Bonchev–Trinajstić information content (AvgIpc) is 2.38. The Morgan fingerprint density at radius 2 is 1.85 bits per heavy atom. The Morgan fingerprint density at radius 3 is 2.40 bits per heavy atom. The topological polar surface area (TPSA) is 9.23 Å². The molecule has 0 saturated carbocycles. The normalized spacial score (nSPS) is 13.4. The van der Waals surface area contributed by atoms with Crippen LogP contribution in [-0.4, -0.2) is 24.7 Å². The SMILES string of the molecule is Cc1ccc(CC(CBr)CCCOCC(F)(F)F)cc1. The smallest absolute Gasteiger partial charge is 0.372 e. The first-order chi connectivity index (χ1) is 9.40. The van der Waals surface area contributed by atoms with Gasteiger partial charge in [0.2, 0.25) is 0 Å². The lowest BCUT2D eigenvalue weighted by molar-refractivity contribution is -0.174. The first-order valence-electron chi connectivity index (χ1n) is 6.66. The molecule has 1 rings (SSSR count). The molecule has 114 valence electrons. The molecule has 0 aliphatic rings. The highest BCUT2D eigenvalue weighted by atomic mass is 79.9. The maximum atomic E-state index is 11.9. The highest BCUT2D eigenvalue weighted by Gasteiger charge is 2.27. The largest absolute Gasteiger partial charge is 0.411 e. The Kier molecular flexibility index (Phi) is 7.59. The maximum absolute atomic E-state index is 11.9. The molecule has 0 aliphatic heterocycles. The number of hydrogen-bond acceptors (Lipinski definition) is 1. The van der Waals surface area contributed by atoms with Gasteiger partial charge in [0.05, 0.1) is 0 Å². The van der Waals surface area contributed by atoms with Gasteiger partial charge in [-0.15, -0.1) is 0 Å². The molecule has 1 atom stereocenters. The summed E-state index contributed by atoms with van der Waals surface area (Å²) in [5.41, 5.74) is 2.49. The molecule has 0 radical (unpaired) electrons. The molecule has 5 heteroatoms. The number of rotatable bonds is 8. The zero-order valence-electron chi connectivity index (χ0n) is 11.5. The van der Waals surface area contributed by atoms with Crippen molar-refractivity contribution in [2.24, 2.45) is 5.92 Å². The van der Waals surface area contributed by atoms with Crippen molar-refractivity contribution in [1.29, 1.82) is 0 Å². The molecule has 0 bridgehead atoms. The van der Waals surface area contributed by atoms with Crippen LogP contribution in [0.5, 0.6) is 0 Å². The zero-order valence-corrected chi connectivity index (χ0v) is 13.1. The molecular weight excluding hydrogens is 333 g/mol. The standard InChI is InChI=1S/C15H20BrF3O/c1-12-4-6-13(7-5-12)9-14(10-16)3-2-8-20-11-15(17,18)19/h4-7,14H,2-3,8-11H2,1H3. The van der Waals surface area contributed by atoms with E-state index in [4.69, 9.17) is 0 Å². The second-order valence-corrected chi connectivity index (χ2v) is 5.67. The van der Waals surface area contributed by atoms with Crippen LogP contribution in [0.2, 0.25) is 0 Å². The van der Waals surface area contributed by atoms with Crippen molar-refractivity contribution in [3.05, 3.63) is 35.4 Å². The lowest BCUT2D eigenvalue weighted by atomic mass is 9.96. The fourth-order valence-electron chi connectivity index (χ4n) is 1.95. The Balaban J connectivity index is 2.24. The van der Waals surface area contributed by atoms with Gasteiger partial charge in [-0.25, -0.2) is 0 Å². The monoisotopic (exact) mass is 352 g/mol. The van der Waals surface area contributed by atoms with Crippen molar-refractivity contribution < 1.29 is 17.9 Å². The summed E-state index contributed by atoms with van der Waals surface area (Å²) in [7, 11) is 0. The van der Waals surface area contributed by atoms with E-state index < -0.39 is 12.8 Å². The van der Waals surface area contributed by atoms with Crippen LogP contribution in [0.3, 0.4) is 0 Å². The number of hydrogen-bond donors (Lipinski definition) is 0. The minimum atomic E-state index is -4.23. The van der Waals surface area contributed by atoms with Crippen molar-refractivity contribution in [1.82, 2.24) is 0 Å². The fraction of sp³-hybridized carbons (Fsp3) is 0.600. The second kappa shape index (κ2) is 8.67. The minimum Gasteiger partial charge on any atom is -0.372 e. The van der Waals surface area contributed by atoms with Gasteiger partial charge in [-0.1, -0.05) is 45.8 Å². The fourth-order valence-corrected chi connectivity index (χ4v) is 2.51. The first kappa shape index (κ1) is 17.5. The van der Waals surface area contributed by atoms with E-state index in [1.165, 1.54) is 11.1 Å². The zero-order chi connectivity index (χ0) is 15.0. The third kappa shape index (κ3) is 7.90. The van der Waals surface area contributed by atoms with Crippen LogP contribution in [0.1, 0.15) is 24.0 Å². The lowest BCUT2D eigenvalue weighted by Crippen LogP contribution is -2.17. The molecule has 1 aromatic carbocycles. The molecule has 0 aromatic heterocycles. The summed E-state index contributed by atoms with van der Waals surface area (Å²) in [5.74, 6) is 0.423. The maximum Gasteiger partial charge on any atom is 0.411 e. The molecule has 0 aliphatic carbocycles. The van der Waals surface area contributed by atoms with Crippen LogP contribution in [0.25, 0.3) is 0 Å². The highest BCUT2D eigenvalue weighted by Crippen LogP contribution is 2.18. The van der Waals surface area contributed by atoms with E-state index >= 15 is 0 Å². The van der Waals surface area contributed by atoms with Crippen LogP contribution >= 0.6 is 15.9 Å². The number of ether oxygens (including phenoxy) is 1. The van der Waals surface area contributed by atoms with Gasteiger partial charge < -0.3 is 4.74 Å². The predicted octanol–water partition coefficient (Wildman–Crippen LogP) is 4.91. The Hall–Kier alpha value is -0.550. The summed E-state index contributed by atoms with van der Waals surface area (Å²) in [6.45, 7) is 1.06. The third-order valence-electron chi connectivity index (χ3n) is 3.03. The van der Waals surface area contributed by atoms with E-state index in [-0.39, 0.29) is 6.61 Å². The Morgan fingerprint density at radius 1 is 1.20 bits per heavy atom. The predicted molar refractivity (Wildman–Crippen MR) is 78.3 cm³/mol. The van der Waals surface area contributed by atoms with Gasteiger partial charge in [-0.2, -0.15) is 13.2 Å². The Bertz CT molecular complexity index is 376. The third-order valence-corrected chi connectivity index (χ3v) is 3.95. The molecule has 0 amide bonds. The molecule has 0 N–H and O–H groups in total. The molecule has 20 heavy (non-hydrogen) atoms. The summed E-state index contributed by atoms with van der Waals surface area (Å²) in [5, 5.41) is 0.847.